The van der Waals surface area contributed by atoms with E-state index in [1.165, 1.54) is 0 Å². The number of hydrogen-bond donors (Lipinski definition) is 1. The molecule has 1 heterocycles. The maximum atomic E-state index is 5.08. The number of aromatic nitrogens is 2. The summed E-state index contributed by atoms with van der Waals surface area (Å²) in [6.07, 6.45) is 0. The second-order valence-corrected chi connectivity index (χ2v) is 4.77. The van der Waals surface area contributed by atoms with Gasteiger partial charge in [-0.15, -0.1) is 0 Å². The molecule has 0 aliphatic rings. The number of methoxy groups -OCH3 is 1. The fourth-order valence-electron chi connectivity index (χ4n) is 1.35. The Morgan fingerprint density at radius 2 is 2.00 bits per heavy atom. The molecule has 1 N–H and O–H groups in total. The second kappa shape index (κ2) is 5.25. The molecule has 4 heteroatoms. The molecule has 1 aromatic heterocycles. The minimum absolute atomic E-state index is 0.0234. The Bertz CT molecular complexity index is 320. The van der Waals surface area contributed by atoms with Crippen LogP contribution >= 0.6 is 0 Å². The van der Waals surface area contributed by atoms with Gasteiger partial charge in [0.15, 0.2) is 5.82 Å². The number of anilines is 1. The Kier molecular flexibility index (Phi) is 4.24. The van der Waals surface area contributed by atoms with Crippen molar-refractivity contribution >= 4 is 5.82 Å². The molecule has 0 unspecified atom stereocenters. The first-order valence-corrected chi connectivity index (χ1v) is 5.58. The third kappa shape index (κ3) is 3.45. The van der Waals surface area contributed by atoms with Crippen molar-refractivity contribution in [2.24, 2.45) is 0 Å². The molecular formula is C12H21N3O. The smallest absolute Gasteiger partial charge is 0.156 e. The molecule has 0 bridgehead atoms. The summed E-state index contributed by atoms with van der Waals surface area (Å²) in [6, 6.07) is 2.00. The zero-order chi connectivity index (χ0) is 12.2. The SMILES string of the molecule is CCNc1cc(C(C)(C)C)nc(COC)n1. The van der Waals surface area contributed by atoms with Gasteiger partial charge in [-0.25, -0.2) is 9.97 Å². The molecule has 0 spiro atoms. The van der Waals surface area contributed by atoms with E-state index in [0.717, 1.165) is 23.9 Å². The van der Waals surface area contributed by atoms with Crippen LogP contribution in [-0.2, 0) is 16.8 Å². The molecule has 0 radical (unpaired) electrons. The lowest BCUT2D eigenvalue weighted by Crippen LogP contribution is -2.17. The lowest BCUT2D eigenvalue weighted by molar-refractivity contribution is 0.177. The molecular weight excluding hydrogens is 202 g/mol. The molecule has 0 amide bonds. The minimum atomic E-state index is 0.0234. The summed E-state index contributed by atoms with van der Waals surface area (Å²) >= 11 is 0. The van der Waals surface area contributed by atoms with Crippen LogP contribution in [0.1, 0.15) is 39.2 Å². The average Bonchev–Trinajstić information content (AvgIpc) is 2.17. The highest BCUT2D eigenvalue weighted by atomic mass is 16.5. The van der Waals surface area contributed by atoms with Gasteiger partial charge >= 0.3 is 0 Å². The first-order chi connectivity index (χ1) is 7.47. The Hall–Kier alpha value is -1.16. The number of nitrogens with zero attached hydrogens (tertiary/aromatic N) is 2. The molecule has 16 heavy (non-hydrogen) atoms. The summed E-state index contributed by atoms with van der Waals surface area (Å²) in [5.74, 6) is 1.60. The van der Waals surface area contributed by atoms with Crippen LogP contribution < -0.4 is 5.32 Å². The third-order valence-corrected chi connectivity index (χ3v) is 2.17. The van der Waals surface area contributed by atoms with Gasteiger partial charge in [0.25, 0.3) is 0 Å². The van der Waals surface area contributed by atoms with E-state index in [1.807, 2.05) is 6.07 Å². The Morgan fingerprint density at radius 3 is 2.50 bits per heavy atom. The summed E-state index contributed by atoms with van der Waals surface area (Å²) in [6.45, 7) is 9.77. The molecule has 90 valence electrons. The summed E-state index contributed by atoms with van der Waals surface area (Å²) < 4.78 is 5.08. The van der Waals surface area contributed by atoms with Gasteiger partial charge in [0, 0.05) is 25.1 Å². The van der Waals surface area contributed by atoms with Crippen LogP contribution in [-0.4, -0.2) is 23.6 Å². The Balaban J connectivity index is 3.08. The van der Waals surface area contributed by atoms with Crippen LogP contribution in [0.15, 0.2) is 6.07 Å². The van der Waals surface area contributed by atoms with E-state index in [2.05, 4.69) is 43.0 Å². The van der Waals surface area contributed by atoms with Crippen molar-refractivity contribution < 1.29 is 4.74 Å². The van der Waals surface area contributed by atoms with Crippen molar-refractivity contribution in [3.05, 3.63) is 17.6 Å². The maximum Gasteiger partial charge on any atom is 0.156 e. The van der Waals surface area contributed by atoms with Crippen LogP contribution in [0.4, 0.5) is 5.82 Å². The van der Waals surface area contributed by atoms with Gasteiger partial charge in [0.05, 0.1) is 5.69 Å². The van der Waals surface area contributed by atoms with Gasteiger partial charge < -0.3 is 10.1 Å². The largest absolute Gasteiger partial charge is 0.377 e. The zero-order valence-electron chi connectivity index (χ0n) is 10.8. The molecule has 0 atom stereocenters. The van der Waals surface area contributed by atoms with E-state index in [4.69, 9.17) is 4.74 Å². The molecule has 0 aliphatic carbocycles. The highest BCUT2D eigenvalue weighted by Gasteiger charge is 2.17. The first-order valence-electron chi connectivity index (χ1n) is 5.58. The van der Waals surface area contributed by atoms with Crippen LogP contribution in [0, 0.1) is 0 Å². The van der Waals surface area contributed by atoms with Crippen LogP contribution in [0.3, 0.4) is 0 Å². The van der Waals surface area contributed by atoms with Gasteiger partial charge in [0.1, 0.15) is 12.4 Å². The maximum absolute atomic E-state index is 5.08. The van der Waals surface area contributed by atoms with E-state index in [0.29, 0.717) is 6.61 Å². The van der Waals surface area contributed by atoms with E-state index in [1.54, 1.807) is 7.11 Å². The first kappa shape index (κ1) is 12.9. The van der Waals surface area contributed by atoms with Crippen LogP contribution in [0.5, 0.6) is 0 Å². The normalized spacial score (nSPS) is 11.6. The van der Waals surface area contributed by atoms with Crippen LogP contribution in [0.2, 0.25) is 0 Å². The van der Waals surface area contributed by atoms with Crippen molar-refractivity contribution in [2.45, 2.75) is 39.7 Å². The number of rotatable bonds is 4. The summed E-state index contributed by atoms with van der Waals surface area (Å²) in [5, 5.41) is 3.21. The summed E-state index contributed by atoms with van der Waals surface area (Å²) in [4.78, 5) is 8.88. The third-order valence-electron chi connectivity index (χ3n) is 2.17. The fourth-order valence-corrected chi connectivity index (χ4v) is 1.35. The highest BCUT2D eigenvalue weighted by molar-refractivity contribution is 5.37. The molecule has 1 rings (SSSR count). The van der Waals surface area contributed by atoms with Crippen molar-refractivity contribution in [1.29, 1.82) is 0 Å². The summed E-state index contributed by atoms with van der Waals surface area (Å²) in [5.41, 5.74) is 1.06. The number of hydrogen-bond acceptors (Lipinski definition) is 4. The molecule has 0 saturated heterocycles. The quantitative estimate of drug-likeness (QED) is 0.851. The lowest BCUT2D eigenvalue weighted by atomic mass is 9.92. The second-order valence-electron chi connectivity index (χ2n) is 4.77. The van der Waals surface area contributed by atoms with Crippen molar-refractivity contribution in [1.82, 2.24) is 9.97 Å². The molecule has 0 fully saturated rings. The van der Waals surface area contributed by atoms with Crippen LogP contribution in [0.25, 0.3) is 0 Å². The standard InChI is InChI=1S/C12H21N3O/c1-6-13-10-7-9(12(2,3)4)14-11(15-10)8-16-5/h7H,6,8H2,1-5H3,(H,13,14,15). The lowest BCUT2D eigenvalue weighted by Gasteiger charge is -2.19. The predicted octanol–water partition coefficient (Wildman–Crippen LogP) is 2.35. The van der Waals surface area contributed by atoms with Gasteiger partial charge in [-0.3, -0.25) is 0 Å². The monoisotopic (exact) mass is 223 g/mol. The molecule has 0 aliphatic heterocycles. The van der Waals surface area contributed by atoms with E-state index in [-0.39, 0.29) is 5.41 Å². The predicted molar refractivity (Wildman–Crippen MR) is 65.6 cm³/mol. The molecule has 0 saturated carbocycles. The molecule has 1 aromatic rings. The van der Waals surface area contributed by atoms with E-state index >= 15 is 0 Å². The summed E-state index contributed by atoms with van der Waals surface area (Å²) in [7, 11) is 1.65. The Labute approximate surface area is 97.5 Å². The van der Waals surface area contributed by atoms with Gasteiger partial charge in [0.2, 0.25) is 0 Å². The average molecular weight is 223 g/mol. The van der Waals surface area contributed by atoms with Gasteiger partial charge in [-0.1, -0.05) is 20.8 Å². The molecule has 0 aromatic carbocycles. The topological polar surface area (TPSA) is 47.0 Å². The van der Waals surface area contributed by atoms with Crippen molar-refractivity contribution in [3.63, 3.8) is 0 Å². The van der Waals surface area contributed by atoms with Crippen molar-refractivity contribution in [2.75, 3.05) is 19.0 Å². The van der Waals surface area contributed by atoms with Gasteiger partial charge in [-0.05, 0) is 6.92 Å². The Morgan fingerprint density at radius 1 is 1.31 bits per heavy atom. The number of ether oxygens (including phenoxy) is 1. The minimum Gasteiger partial charge on any atom is -0.377 e. The highest BCUT2D eigenvalue weighted by Crippen LogP contribution is 2.22. The zero-order valence-corrected chi connectivity index (χ0v) is 10.8. The number of nitrogens with one attached hydrogen (secondary N) is 1. The van der Waals surface area contributed by atoms with Gasteiger partial charge in [-0.2, -0.15) is 0 Å². The molecule has 4 nitrogen and oxygen atoms in total. The van der Waals surface area contributed by atoms with E-state index < -0.39 is 0 Å². The fraction of sp³-hybridized carbons (Fsp3) is 0.667. The van der Waals surface area contributed by atoms with Crippen molar-refractivity contribution in [3.8, 4) is 0 Å². The van der Waals surface area contributed by atoms with E-state index in [9.17, 15) is 0 Å².